The second-order valence-electron chi connectivity index (χ2n) is 7.14. The predicted octanol–water partition coefficient (Wildman–Crippen LogP) is 6.10. The van der Waals surface area contributed by atoms with Crippen molar-refractivity contribution in [1.82, 2.24) is 0 Å². The maximum absolute atomic E-state index is 12.8. The zero-order valence-electron chi connectivity index (χ0n) is 17.4. The number of nitrogens with one attached hydrogen (secondary N) is 1. The van der Waals surface area contributed by atoms with Gasteiger partial charge in [0.1, 0.15) is 18.1 Å². The van der Waals surface area contributed by atoms with Crippen molar-refractivity contribution < 1.29 is 14.3 Å². The molecule has 1 amide bonds. The number of hydrogen-bond donors (Lipinski definition) is 1. The van der Waals surface area contributed by atoms with Gasteiger partial charge in [-0.1, -0.05) is 68.1 Å². The Balaban J connectivity index is 1.66. The number of hydrogen-bond acceptors (Lipinski definition) is 3. The minimum absolute atomic E-state index is 0.212. The Morgan fingerprint density at radius 1 is 0.933 bits per heavy atom. The average molecular weight is 402 g/mol. The number of para-hydroxylation sites is 2. The topological polar surface area (TPSA) is 47.6 Å². The standard InChI is InChI=1S/C26H27NO3/c1-4-24(26(28)27-23-12-8-9-13-25(23)29-18-19(2)3)30-22-16-14-21(15-17-22)20-10-6-5-7-11-20/h5-17,24H,2,4,18H2,1,3H3,(H,27,28). The minimum atomic E-state index is -0.609. The molecule has 4 nitrogen and oxygen atoms in total. The molecule has 0 radical (unpaired) electrons. The number of rotatable bonds is 9. The number of anilines is 1. The third-order valence-electron chi connectivity index (χ3n) is 4.52. The first-order valence-corrected chi connectivity index (χ1v) is 10.1. The Morgan fingerprint density at radius 2 is 1.57 bits per heavy atom. The molecule has 1 unspecified atom stereocenters. The molecule has 0 saturated heterocycles. The SMILES string of the molecule is C=C(C)COc1ccccc1NC(=O)C(CC)Oc1ccc(-c2ccccc2)cc1. The molecule has 0 heterocycles. The molecule has 3 aromatic carbocycles. The Labute approximate surface area is 178 Å². The molecule has 0 spiro atoms. The first kappa shape index (κ1) is 21.2. The van der Waals surface area contributed by atoms with Crippen molar-refractivity contribution >= 4 is 11.6 Å². The van der Waals surface area contributed by atoms with Crippen LogP contribution in [0.5, 0.6) is 11.5 Å². The monoisotopic (exact) mass is 401 g/mol. The van der Waals surface area contributed by atoms with Crippen LogP contribution in [-0.4, -0.2) is 18.6 Å². The summed E-state index contributed by atoms with van der Waals surface area (Å²) in [7, 11) is 0. The van der Waals surface area contributed by atoms with Crippen LogP contribution < -0.4 is 14.8 Å². The number of benzene rings is 3. The fourth-order valence-corrected chi connectivity index (χ4v) is 2.95. The third-order valence-corrected chi connectivity index (χ3v) is 4.52. The van der Waals surface area contributed by atoms with E-state index in [4.69, 9.17) is 9.47 Å². The molecule has 0 aliphatic carbocycles. The molecule has 0 fully saturated rings. The highest BCUT2D eigenvalue weighted by Crippen LogP contribution is 2.26. The van der Waals surface area contributed by atoms with Crippen LogP contribution in [-0.2, 0) is 4.79 Å². The van der Waals surface area contributed by atoms with E-state index in [0.717, 1.165) is 16.7 Å². The van der Waals surface area contributed by atoms with Crippen molar-refractivity contribution in [2.24, 2.45) is 0 Å². The molecule has 30 heavy (non-hydrogen) atoms. The molecule has 4 heteroatoms. The molecule has 3 aromatic rings. The minimum Gasteiger partial charge on any atom is -0.487 e. The molecule has 0 aromatic heterocycles. The lowest BCUT2D eigenvalue weighted by atomic mass is 10.1. The highest BCUT2D eigenvalue weighted by molar-refractivity contribution is 5.95. The molecule has 3 rings (SSSR count). The van der Waals surface area contributed by atoms with Crippen LogP contribution in [0, 0.1) is 0 Å². The van der Waals surface area contributed by atoms with Crippen molar-refractivity contribution in [2.45, 2.75) is 26.4 Å². The summed E-state index contributed by atoms with van der Waals surface area (Å²) in [5.41, 5.74) is 3.76. The molecule has 0 saturated carbocycles. The van der Waals surface area contributed by atoms with Gasteiger partial charge in [0.2, 0.25) is 0 Å². The normalized spacial score (nSPS) is 11.4. The van der Waals surface area contributed by atoms with E-state index in [0.29, 0.717) is 30.2 Å². The van der Waals surface area contributed by atoms with E-state index in [-0.39, 0.29) is 5.91 Å². The first-order chi connectivity index (χ1) is 14.6. The van der Waals surface area contributed by atoms with E-state index in [1.54, 1.807) is 0 Å². The van der Waals surface area contributed by atoms with Gasteiger partial charge >= 0.3 is 0 Å². The van der Waals surface area contributed by atoms with E-state index in [9.17, 15) is 4.79 Å². The van der Waals surface area contributed by atoms with Crippen LogP contribution in [0.3, 0.4) is 0 Å². The summed E-state index contributed by atoms with van der Waals surface area (Å²) < 4.78 is 11.7. The zero-order chi connectivity index (χ0) is 21.3. The summed E-state index contributed by atoms with van der Waals surface area (Å²) in [4.78, 5) is 12.8. The lowest BCUT2D eigenvalue weighted by Crippen LogP contribution is -2.32. The maximum Gasteiger partial charge on any atom is 0.265 e. The Bertz CT molecular complexity index is 981. The van der Waals surface area contributed by atoms with Crippen LogP contribution in [0.1, 0.15) is 20.3 Å². The second-order valence-corrected chi connectivity index (χ2v) is 7.14. The summed E-state index contributed by atoms with van der Waals surface area (Å²) in [6, 6.07) is 25.3. The van der Waals surface area contributed by atoms with Gasteiger partial charge in [0.15, 0.2) is 6.10 Å². The van der Waals surface area contributed by atoms with Gasteiger partial charge in [-0.15, -0.1) is 0 Å². The molecule has 1 N–H and O–H groups in total. The van der Waals surface area contributed by atoms with Crippen LogP contribution >= 0.6 is 0 Å². The number of carbonyl (C=O) groups is 1. The molecule has 0 bridgehead atoms. The van der Waals surface area contributed by atoms with Gasteiger partial charge in [-0.25, -0.2) is 0 Å². The van der Waals surface area contributed by atoms with Gasteiger partial charge in [-0.05, 0) is 54.3 Å². The second kappa shape index (κ2) is 10.3. The van der Waals surface area contributed by atoms with Gasteiger partial charge in [-0.2, -0.15) is 0 Å². The highest BCUT2D eigenvalue weighted by Gasteiger charge is 2.20. The van der Waals surface area contributed by atoms with E-state index in [2.05, 4.69) is 24.0 Å². The van der Waals surface area contributed by atoms with Gasteiger partial charge in [0.25, 0.3) is 5.91 Å². The summed E-state index contributed by atoms with van der Waals surface area (Å²) in [5.74, 6) is 1.05. The van der Waals surface area contributed by atoms with Crippen molar-refractivity contribution in [3.8, 4) is 22.6 Å². The van der Waals surface area contributed by atoms with Gasteiger partial charge in [0.05, 0.1) is 5.69 Å². The molecular formula is C26H27NO3. The largest absolute Gasteiger partial charge is 0.487 e. The quantitative estimate of drug-likeness (QED) is 0.440. The smallest absolute Gasteiger partial charge is 0.265 e. The fourth-order valence-electron chi connectivity index (χ4n) is 2.95. The third kappa shape index (κ3) is 5.74. The number of ether oxygens (including phenoxy) is 2. The lowest BCUT2D eigenvalue weighted by molar-refractivity contribution is -0.122. The van der Waals surface area contributed by atoms with Gasteiger partial charge in [-0.3, -0.25) is 4.79 Å². The van der Waals surface area contributed by atoms with Gasteiger partial charge < -0.3 is 14.8 Å². The van der Waals surface area contributed by atoms with Gasteiger partial charge in [0, 0.05) is 0 Å². The summed E-state index contributed by atoms with van der Waals surface area (Å²) in [6.45, 7) is 8.06. The van der Waals surface area contributed by atoms with E-state index >= 15 is 0 Å². The Morgan fingerprint density at radius 3 is 2.23 bits per heavy atom. The maximum atomic E-state index is 12.8. The predicted molar refractivity (Wildman–Crippen MR) is 122 cm³/mol. The number of carbonyl (C=O) groups excluding carboxylic acids is 1. The molecular weight excluding hydrogens is 374 g/mol. The lowest BCUT2D eigenvalue weighted by Gasteiger charge is -2.19. The van der Waals surface area contributed by atoms with Crippen molar-refractivity contribution in [2.75, 3.05) is 11.9 Å². The van der Waals surface area contributed by atoms with Crippen LogP contribution in [0.2, 0.25) is 0 Å². The first-order valence-electron chi connectivity index (χ1n) is 10.1. The van der Waals surface area contributed by atoms with Crippen LogP contribution in [0.4, 0.5) is 5.69 Å². The Kier molecular flexibility index (Phi) is 7.28. The number of amides is 1. The average Bonchev–Trinajstić information content (AvgIpc) is 2.77. The molecule has 0 aliphatic heterocycles. The van der Waals surface area contributed by atoms with Crippen LogP contribution in [0.25, 0.3) is 11.1 Å². The summed E-state index contributed by atoms with van der Waals surface area (Å²) in [6.07, 6.45) is -0.0668. The van der Waals surface area contributed by atoms with Crippen LogP contribution in [0.15, 0.2) is 91.0 Å². The van der Waals surface area contributed by atoms with E-state index < -0.39 is 6.10 Å². The van der Waals surface area contributed by atoms with Crippen molar-refractivity contribution in [3.63, 3.8) is 0 Å². The van der Waals surface area contributed by atoms with E-state index in [1.807, 2.05) is 80.6 Å². The summed E-state index contributed by atoms with van der Waals surface area (Å²) >= 11 is 0. The zero-order valence-corrected chi connectivity index (χ0v) is 17.4. The molecule has 1 atom stereocenters. The Hall–Kier alpha value is -3.53. The highest BCUT2D eigenvalue weighted by atomic mass is 16.5. The van der Waals surface area contributed by atoms with Crippen molar-refractivity contribution in [3.05, 3.63) is 91.0 Å². The molecule has 154 valence electrons. The summed E-state index contributed by atoms with van der Waals surface area (Å²) in [5, 5.41) is 2.92. The van der Waals surface area contributed by atoms with Crippen molar-refractivity contribution in [1.29, 1.82) is 0 Å². The van der Waals surface area contributed by atoms with E-state index in [1.165, 1.54) is 0 Å². The molecule has 0 aliphatic rings. The fraction of sp³-hybridized carbons (Fsp3) is 0.192.